The summed E-state index contributed by atoms with van der Waals surface area (Å²) < 4.78 is 21.9. The molecular weight excluding hydrogens is 212 g/mol. The third kappa shape index (κ3) is 2.10. The Balaban J connectivity index is 2.04. The van der Waals surface area contributed by atoms with Crippen LogP contribution in [0.15, 0.2) is 0 Å². The molecule has 1 N–H and O–H groups in total. The monoisotopic (exact) mass is 232 g/mol. The fourth-order valence-electron chi connectivity index (χ4n) is 2.51. The van der Waals surface area contributed by atoms with Gasteiger partial charge in [-0.15, -0.1) is 0 Å². The summed E-state index contributed by atoms with van der Waals surface area (Å²) in [7, 11) is 3.26. The molecule has 4 atom stereocenters. The number of methoxy groups -OCH3 is 2. The number of ether oxygens (including phenoxy) is 4. The van der Waals surface area contributed by atoms with E-state index in [9.17, 15) is 5.11 Å². The van der Waals surface area contributed by atoms with Crippen LogP contribution in [-0.2, 0) is 18.9 Å². The van der Waals surface area contributed by atoms with Crippen LogP contribution in [0.1, 0.15) is 19.3 Å². The maximum atomic E-state index is 9.92. The van der Waals surface area contributed by atoms with Gasteiger partial charge in [-0.25, -0.2) is 0 Å². The van der Waals surface area contributed by atoms with E-state index in [1.165, 1.54) is 0 Å². The molecule has 94 valence electrons. The van der Waals surface area contributed by atoms with Gasteiger partial charge in [0.1, 0.15) is 18.3 Å². The van der Waals surface area contributed by atoms with Crippen LogP contribution in [-0.4, -0.2) is 56.6 Å². The van der Waals surface area contributed by atoms with Gasteiger partial charge in [0.15, 0.2) is 5.79 Å². The Bertz CT molecular complexity index is 218. The zero-order chi connectivity index (χ0) is 11.6. The van der Waals surface area contributed by atoms with E-state index in [-0.39, 0.29) is 12.2 Å². The molecule has 0 aromatic carbocycles. The first-order chi connectivity index (χ1) is 7.72. The maximum absolute atomic E-state index is 9.92. The molecule has 0 radical (unpaired) electrons. The summed E-state index contributed by atoms with van der Waals surface area (Å²) in [5.41, 5.74) is 0. The lowest BCUT2D eigenvalue weighted by atomic mass is 10.2. The summed E-state index contributed by atoms with van der Waals surface area (Å²) >= 11 is 0. The average Bonchev–Trinajstić information content (AvgIpc) is 2.76. The Kier molecular flexibility index (Phi) is 3.81. The van der Waals surface area contributed by atoms with Gasteiger partial charge in [0, 0.05) is 20.6 Å². The van der Waals surface area contributed by atoms with E-state index in [4.69, 9.17) is 18.9 Å². The van der Waals surface area contributed by atoms with Crippen molar-refractivity contribution in [1.82, 2.24) is 0 Å². The van der Waals surface area contributed by atoms with E-state index < -0.39 is 11.9 Å². The van der Waals surface area contributed by atoms with Crippen molar-refractivity contribution in [3.05, 3.63) is 0 Å². The SMILES string of the molecule is COCC1OC2(CCC[C@H]2O)O[C@H]1COC. The minimum Gasteiger partial charge on any atom is -0.388 e. The Labute approximate surface area is 95.6 Å². The van der Waals surface area contributed by atoms with E-state index in [2.05, 4.69) is 0 Å². The molecule has 0 bridgehead atoms. The molecule has 16 heavy (non-hydrogen) atoms. The minimum atomic E-state index is -0.813. The molecule has 2 fully saturated rings. The molecule has 5 heteroatoms. The molecule has 1 saturated heterocycles. The zero-order valence-electron chi connectivity index (χ0n) is 9.85. The van der Waals surface area contributed by atoms with E-state index in [0.29, 0.717) is 13.2 Å². The highest BCUT2D eigenvalue weighted by molar-refractivity contribution is 4.94. The van der Waals surface area contributed by atoms with Crippen molar-refractivity contribution in [2.45, 2.75) is 43.4 Å². The Hall–Kier alpha value is -0.200. The van der Waals surface area contributed by atoms with E-state index in [1.54, 1.807) is 14.2 Å². The van der Waals surface area contributed by atoms with Gasteiger partial charge in [-0.1, -0.05) is 0 Å². The van der Waals surface area contributed by atoms with Crippen LogP contribution >= 0.6 is 0 Å². The zero-order valence-corrected chi connectivity index (χ0v) is 9.85. The second kappa shape index (κ2) is 4.98. The quantitative estimate of drug-likeness (QED) is 0.755. The van der Waals surface area contributed by atoms with Gasteiger partial charge in [0.2, 0.25) is 0 Å². The van der Waals surface area contributed by atoms with Crippen LogP contribution in [0.5, 0.6) is 0 Å². The first-order valence-electron chi connectivity index (χ1n) is 5.73. The fraction of sp³-hybridized carbons (Fsp3) is 1.00. The first kappa shape index (κ1) is 12.3. The van der Waals surface area contributed by atoms with E-state index in [0.717, 1.165) is 19.3 Å². The molecule has 1 saturated carbocycles. The number of rotatable bonds is 4. The van der Waals surface area contributed by atoms with Gasteiger partial charge in [-0.2, -0.15) is 0 Å². The minimum absolute atomic E-state index is 0.155. The molecule has 2 rings (SSSR count). The molecule has 1 aliphatic carbocycles. The van der Waals surface area contributed by atoms with Crippen molar-refractivity contribution in [2.24, 2.45) is 0 Å². The van der Waals surface area contributed by atoms with Gasteiger partial charge in [0.05, 0.1) is 13.2 Å². The normalized spacial score (nSPS) is 43.3. The summed E-state index contributed by atoms with van der Waals surface area (Å²) in [6, 6.07) is 0. The second-order valence-corrected chi connectivity index (χ2v) is 4.44. The van der Waals surface area contributed by atoms with Crippen molar-refractivity contribution < 1.29 is 24.1 Å². The molecule has 1 aliphatic heterocycles. The van der Waals surface area contributed by atoms with Crippen LogP contribution in [0.2, 0.25) is 0 Å². The standard InChI is InChI=1S/C11H20O5/c1-13-6-8-9(7-14-2)16-11(15-8)5-3-4-10(11)12/h8-10,12H,3-7H2,1-2H3/t8-,9?,10+,11?/m0/s1. The Morgan fingerprint density at radius 1 is 1.19 bits per heavy atom. The number of aliphatic hydroxyl groups is 1. The third-order valence-electron chi connectivity index (χ3n) is 3.29. The Morgan fingerprint density at radius 2 is 1.75 bits per heavy atom. The van der Waals surface area contributed by atoms with Crippen molar-refractivity contribution >= 4 is 0 Å². The van der Waals surface area contributed by atoms with Crippen LogP contribution in [0.3, 0.4) is 0 Å². The van der Waals surface area contributed by atoms with Crippen molar-refractivity contribution in [3.63, 3.8) is 0 Å². The summed E-state index contributed by atoms with van der Waals surface area (Å²) in [4.78, 5) is 0. The molecule has 5 nitrogen and oxygen atoms in total. The second-order valence-electron chi connectivity index (χ2n) is 4.44. The molecule has 2 aliphatic rings. The molecule has 0 aromatic rings. The van der Waals surface area contributed by atoms with Crippen molar-refractivity contribution in [3.8, 4) is 0 Å². The van der Waals surface area contributed by atoms with Crippen LogP contribution < -0.4 is 0 Å². The number of aliphatic hydroxyl groups excluding tert-OH is 1. The number of hydrogen-bond acceptors (Lipinski definition) is 5. The number of hydrogen-bond donors (Lipinski definition) is 1. The molecular formula is C11H20O5. The maximum Gasteiger partial charge on any atom is 0.195 e. The lowest BCUT2D eigenvalue weighted by molar-refractivity contribution is -0.222. The smallest absolute Gasteiger partial charge is 0.195 e. The largest absolute Gasteiger partial charge is 0.388 e. The third-order valence-corrected chi connectivity index (χ3v) is 3.29. The highest BCUT2D eigenvalue weighted by Gasteiger charge is 2.54. The van der Waals surface area contributed by atoms with Gasteiger partial charge in [-0.05, 0) is 12.8 Å². The van der Waals surface area contributed by atoms with Crippen LogP contribution in [0.4, 0.5) is 0 Å². The van der Waals surface area contributed by atoms with Gasteiger partial charge in [-0.3, -0.25) is 0 Å². The average molecular weight is 232 g/mol. The van der Waals surface area contributed by atoms with Gasteiger partial charge in [0.25, 0.3) is 0 Å². The highest BCUT2D eigenvalue weighted by atomic mass is 16.8. The molecule has 1 spiro atoms. The molecule has 1 heterocycles. The first-order valence-corrected chi connectivity index (χ1v) is 5.73. The van der Waals surface area contributed by atoms with Crippen molar-refractivity contribution in [2.75, 3.05) is 27.4 Å². The predicted octanol–water partition coefficient (Wildman–Crippen LogP) is 0.304. The van der Waals surface area contributed by atoms with Gasteiger partial charge >= 0.3 is 0 Å². The fourth-order valence-corrected chi connectivity index (χ4v) is 2.51. The van der Waals surface area contributed by atoms with Gasteiger partial charge < -0.3 is 24.1 Å². The van der Waals surface area contributed by atoms with Crippen LogP contribution in [0.25, 0.3) is 0 Å². The molecule has 0 amide bonds. The topological polar surface area (TPSA) is 57.2 Å². The lowest BCUT2D eigenvalue weighted by Crippen LogP contribution is -2.39. The summed E-state index contributed by atoms with van der Waals surface area (Å²) in [6.07, 6.45) is 1.57. The summed E-state index contributed by atoms with van der Waals surface area (Å²) in [5.74, 6) is -0.813. The predicted molar refractivity (Wildman–Crippen MR) is 56.1 cm³/mol. The lowest BCUT2D eigenvalue weighted by Gasteiger charge is -2.26. The summed E-state index contributed by atoms with van der Waals surface area (Å²) in [5, 5.41) is 9.92. The highest BCUT2D eigenvalue weighted by Crippen LogP contribution is 2.42. The van der Waals surface area contributed by atoms with Crippen LogP contribution in [0, 0.1) is 0 Å². The van der Waals surface area contributed by atoms with E-state index >= 15 is 0 Å². The van der Waals surface area contributed by atoms with Crippen molar-refractivity contribution in [1.29, 1.82) is 0 Å². The Morgan fingerprint density at radius 3 is 2.12 bits per heavy atom. The summed E-state index contributed by atoms with van der Waals surface area (Å²) in [6.45, 7) is 0.922. The molecule has 0 aromatic heterocycles. The van der Waals surface area contributed by atoms with E-state index in [1.807, 2.05) is 0 Å². The molecule has 2 unspecified atom stereocenters.